The first-order chi connectivity index (χ1) is 10.5. The second kappa shape index (κ2) is 6.04. The summed E-state index contributed by atoms with van der Waals surface area (Å²) in [5.41, 5.74) is 0.841. The van der Waals surface area contributed by atoms with Crippen molar-refractivity contribution in [1.82, 2.24) is 25.1 Å². The third-order valence-corrected chi connectivity index (χ3v) is 4.55. The van der Waals surface area contributed by atoms with Crippen molar-refractivity contribution in [3.8, 4) is 0 Å². The van der Waals surface area contributed by atoms with E-state index in [4.69, 9.17) is 0 Å². The number of nitrogens with one attached hydrogen (secondary N) is 2. The van der Waals surface area contributed by atoms with Gasteiger partial charge in [0, 0.05) is 23.5 Å². The van der Waals surface area contributed by atoms with E-state index in [1.807, 2.05) is 19.9 Å². The Balaban J connectivity index is 1.62. The van der Waals surface area contributed by atoms with Crippen molar-refractivity contribution in [3.63, 3.8) is 0 Å². The van der Waals surface area contributed by atoms with E-state index in [1.165, 1.54) is 0 Å². The maximum absolute atomic E-state index is 12.3. The van der Waals surface area contributed by atoms with Gasteiger partial charge in [0.2, 0.25) is 0 Å². The van der Waals surface area contributed by atoms with Crippen LogP contribution in [0.1, 0.15) is 29.7 Å². The minimum absolute atomic E-state index is 0.135. The molecule has 3 rings (SSSR count). The zero-order chi connectivity index (χ0) is 15.7. The number of amides is 2. The highest BCUT2D eigenvalue weighted by Crippen LogP contribution is 2.25. The van der Waals surface area contributed by atoms with Gasteiger partial charge in [-0.2, -0.15) is 5.10 Å². The van der Waals surface area contributed by atoms with E-state index < -0.39 is 0 Å². The number of carbonyl (C=O) groups is 1. The quantitative estimate of drug-likeness (QED) is 0.857. The molecule has 116 valence electrons. The molecule has 1 unspecified atom stereocenters. The normalized spacial score (nSPS) is 17.8. The van der Waals surface area contributed by atoms with E-state index in [2.05, 4.69) is 41.4 Å². The molecule has 7 nitrogen and oxygen atoms in total. The first kappa shape index (κ1) is 15.0. The summed E-state index contributed by atoms with van der Waals surface area (Å²) < 4.78 is 0.923. The van der Waals surface area contributed by atoms with E-state index in [-0.39, 0.29) is 11.9 Å². The van der Waals surface area contributed by atoms with E-state index >= 15 is 0 Å². The first-order valence-electron chi connectivity index (χ1n) is 7.11. The summed E-state index contributed by atoms with van der Waals surface area (Å²) in [5, 5.41) is 9.87. The summed E-state index contributed by atoms with van der Waals surface area (Å²) in [7, 11) is 0. The van der Waals surface area contributed by atoms with Crippen molar-refractivity contribution in [2.75, 3.05) is 18.4 Å². The molecule has 2 N–H and O–H groups in total. The van der Waals surface area contributed by atoms with Gasteiger partial charge in [-0.25, -0.2) is 14.8 Å². The third kappa shape index (κ3) is 3.11. The summed E-state index contributed by atoms with van der Waals surface area (Å²) in [6.45, 7) is 5.08. The number of aryl methyl sites for hydroxylation is 2. The topological polar surface area (TPSA) is 86.8 Å². The number of aromatic amines is 1. The molecule has 0 aromatic carbocycles. The standard InChI is InChI=1S/C14H17BrN6O/c1-8-11(15)3-4-12(16-8)18-14(22)21-6-5-10(7-21)13-17-9(2)19-20-13/h3-4,10H,5-7H2,1-2H3,(H,16,18,22)(H,17,19,20). The third-order valence-electron chi connectivity index (χ3n) is 3.71. The molecule has 0 spiro atoms. The highest BCUT2D eigenvalue weighted by molar-refractivity contribution is 9.10. The van der Waals surface area contributed by atoms with Gasteiger partial charge in [-0.15, -0.1) is 0 Å². The lowest BCUT2D eigenvalue weighted by Crippen LogP contribution is -2.33. The van der Waals surface area contributed by atoms with Gasteiger partial charge in [0.15, 0.2) is 5.82 Å². The summed E-state index contributed by atoms with van der Waals surface area (Å²) in [6, 6.07) is 3.52. The molecule has 1 aliphatic rings. The van der Waals surface area contributed by atoms with Gasteiger partial charge in [0.05, 0.1) is 5.69 Å². The second-order valence-corrected chi connectivity index (χ2v) is 6.26. The largest absolute Gasteiger partial charge is 0.324 e. The monoisotopic (exact) mass is 364 g/mol. The number of carbonyl (C=O) groups excluding carboxylic acids is 1. The molecule has 1 atom stereocenters. The summed E-state index contributed by atoms with van der Waals surface area (Å²) in [5.74, 6) is 2.33. The molecule has 1 aliphatic heterocycles. The molecule has 0 bridgehead atoms. The zero-order valence-electron chi connectivity index (χ0n) is 12.4. The van der Waals surface area contributed by atoms with Crippen LogP contribution < -0.4 is 5.32 Å². The number of nitrogens with zero attached hydrogens (tertiary/aromatic N) is 4. The Bertz CT molecular complexity index is 700. The number of aromatic nitrogens is 4. The Morgan fingerprint density at radius 2 is 2.23 bits per heavy atom. The molecule has 0 radical (unpaired) electrons. The number of halogens is 1. The number of hydrogen-bond donors (Lipinski definition) is 2. The molecule has 0 aliphatic carbocycles. The lowest BCUT2D eigenvalue weighted by Gasteiger charge is -2.16. The molecule has 1 fully saturated rings. The molecule has 2 aromatic heterocycles. The lowest BCUT2D eigenvalue weighted by molar-refractivity contribution is 0.222. The van der Waals surface area contributed by atoms with Crippen LogP contribution in [0.15, 0.2) is 16.6 Å². The van der Waals surface area contributed by atoms with Gasteiger partial charge in [0.1, 0.15) is 11.6 Å². The number of anilines is 1. The van der Waals surface area contributed by atoms with Crippen molar-refractivity contribution in [2.45, 2.75) is 26.2 Å². The summed E-state index contributed by atoms with van der Waals surface area (Å²) in [6.07, 6.45) is 0.873. The van der Waals surface area contributed by atoms with Crippen LogP contribution in [0.5, 0.6) is 0 Å². The van der Waals surface area contributed by atoms with Crippen LogP contribution >= 0.6 is 15.9 Å². The van der Waals surface area contributed by atoms with E-state index in [0.717, 1.165) is 28.2 Å². The van der Waals surface area contributed by atoms with Gasteiger partial charge in [-0.3, -0.25) is 10.4 Å². The van der Waals surface area contributed by atoms with Crippen molar-refractivity contribution in [1.29, 1.82) is 0 Å². The number of urea groups is 1. The van der Waals surface area contributed by atoms with E-state index in [1.54, 1.807) is 11.0 Å². The minimum Gasteiger partial charge on any atom is -0.324 e. The molecular weight excluding hydrogens is 348 g/mol. The van der Waals surface area contributed by atoms with Crippen LogP contribution in [-0.4, -0.2) is 44.2 Å². The lowest BCUT2D eigenvalue weighted by atomic mass is 10.1. The number of likely N-dealkylation sites (tertiary alicyclic amines) is 1. The maximum atomic E-state index is 12.3. The molecule has 1 saturated heterocycles. The van der Waals surface area contributed by atoms with Gasteiger partial charge in [-0.05, 0) is 48.3 Å². The average Bonchev–Trinajstić information content (AvgIpc) is 3.11. The van der Waals surface area contributed by atoms with Crippen molar-refractivity contribution in [2.24, 2.45) is 0 Å². The predicted octanol–water partition coefficient (Wildman–Crippen LogP) is 2.60. The highest BCUT2D eigenvalue weighted by atomic mass is 79.9. The van der Waals surface area contributed by atoms with Gasteiger partial charge in [0.25, 0.3) is 0 Å². The summed E-state index contributed by atoms with van der Waals surface area (Å²) >= 11 is 3.40. The van der Waals surface area contributed by atoms with Crippen molar-refractivity contribution >= 4 is 27.8 Å². The van der Waals surface area contributed by atoms with Crippen molar-refractivity contribution in [3.05, 3.63) is 33.9 Å². The van der Waals surface area contributed by atoms with E-state index in [0.29, 0.717) is 18.9 Å². The van der Waals surface area contributed by atoms with Crippen LogP contribution in [0.25, 0.3) is 0 Å². The first-order valence-corrected chi connectivity index (χ1v) is 7.90. The van der Waals surface area contributed by atoms with Crippen LogP contribution in [0.3, 0.4) is 0 Å². The van der Waals surface area contributed by atoms with Crippen LogP contribution in [0.4, 0.5) is 10.6 Å². The molecule has 22 heavy (non-hydrogen) atoms. The highest BCUT2D eigenvalue weighted by Gasteiger charge is 2.29. The maximum Gasteiger partial charge on any atom is 0.323 e. The fraction of sp³-hybridized carbons (Fsp3) is 0.429. The van der Waals surface area contributed by atoms with Gasteiger partial charge >= 0.3 is 6.03 Å². The zero-order valence-corrected chi connectivity index (χ0v) is 14.0. The molecule has 3 heterocycles. The number of rotatable bonds is 2. The predicted molar refractivity (Wildman–Crippen MR) is 85.7 cm³/mol. The second-order valence-electron chi connectivity index (χ2n) is 5.40. The SMILES string of the molecule is Cc1nc(C2CCN(C(=O)Nc3ccc(Br)c(C)n3)C2)n[nH]1. The van der Waals surface area contributed by atoms with Crippen LogP contribution in [0, 0.1) is 13.8 Å². The summed E-state index contributed by atoms with van der Waals surface area (Å²) in [4.78, 5) is 22.8. The minimum atomic E-state index is -0.135. The fourth-order valence-electron chi connectivity index (χ4n) is 2.50. The van der Waals surface area contributed by atoms with Gasteiger partial charge < -0.3 is 4.90 Å². The van der Waals surface area contributed by atoms with Crippen LogP contribution in [-0.2, 0) is 0 Å². The molecule has 2 aromatic rings. The Morgan fingerprint density at radius 1 is 1.41 bits per heavy atom. The fourth-order valence-corrected chi connectivity index (χ4v) is 2.72. The molecule has 2 amide bonds. The Kier molecular flexibility index (Phi) is 4.10. The van der Waals surface area contributed by atoms with Crippen LogP contribution in [0.2, 0.25) is 0 Å². The number of hydrogen-bond acceptors (Lipinski definition) is 4. The average molecular weight is 365 g/mol. The molecule has 0 saturated carbocycles. The Morgan fingerprint density at radius 3 is 2.91 bits per heavy atom. The number of pyridine rings is 1. The molecule has 8 heteroatoms. The van der Waals surface area contributed by atoms with Crippen molar-refractivity contribution < 1.29 is 4.79 Å². The Hall–Kier alpha value is -1.96. The molecular formula is C14H17BrN6O. The van der Waals surface area contributed by atoms with E-state index in [9.17, 15) is 4.79 Å². The number of H-pyrrole nitrogens is 1. The van der Waals surface area contributed by atoms with Gasteiger partial charge in [-0.1, -0.05) is 0 Å². The Labute approximate surface area is 136 Å². The smallest absolute Gasteiger partial charge is 0.323 e.